The first-order valence-corrected chi connectivity index (χ1v) is 8.34. The van der Waals surface area contributed by atoms with E-state index in [4.69, 9.17) is 11.6 Å². The van der Waals surface area contributed by atoms with Crippen LogP contribution in [-0.2, 0) is 0 Å². The average Bonchev–Trinajstić information content (AvgIpc) is 3.06. The normalized spacial score (nSPS) is 12.5. The van der Waals surface area contributed by atoms with E-state index in [2.05, 4.69) is 20.3 Å². The van der Waals surface area contributed by atoms with Crippen LogP contribution < -0.4 is 5.32 Å². The van der Waals surface area contributed by atoms with E-state index in [-0.39, 0.29) is 11.9 Å². The summed E-state index contributed by atoms with van der Waals surface area (Å²) in [7, 11) is 3.91. The third-order valence-corrected chi connectivity index (χ3v) is 4.59. The molecular weight excluding hydrogens is 338 g/mol. The fourth-order valence-corrected chi connectivity index (χ4v) is 3.04. The van der Waals surface area contributed by atoms with Crippen molar-refractivity contribution in [1.29, 1.82) is 0 Å². The Balaban J connectivity index is 1.76. The number of likely N-dealkylation sites (N-methyl/N-ethyl adjacent to an activating group) is 1. The van der Waals surface area contributed by atoms with E-state index in [1.807, 2.05) is 38.1 Å². The molecule has 0 saturated heterocycles. The minimum Gasteiger partial charge on any atom is -0.361 e. The van der Waals surface area contributed by atoms with Gasteiger partial charge in [-0.05, 0) is 39.2 Å². The molecule has 0 bridgehead atoms. The molecule has 7 heteroatoms. The van der Waals surface area contributed by atoms with Gasteiger partial charge in [0.25, 0.3) is 5.91 Å². The van der Waals surface area contributed by atoms with Gasteiger partial charge in [-0.1, -0.05) is 11.6 Å². The molecule has 0 saturated carbocycles. The molecule has 0 spiro atoms. The van der Waals surface area contributed by atoms with E-state index in [1.165, 1.54) is 0 Å². The Labute approximate surface area is 151 Å². The molecule has 3 rings (SSSR count). The van der Waals surface area contributed by atoms with Gasteiger partial charge in [0.15, 0.2) is 0 Å². The maximum absolute atomic E-state index is 12.6. The third kappa shape index (κ3) is 3.65. The number of aromatic nitrogens is 3. The van der Waals surface area contributed by atoms with Gasteiger partial charge in [0.05, 0.1) is 16.6 Å². The molecule has 6 nitrogen and oxygen atoms in total. The summed E-state index contributed by atoms with van der Waals surface area (Å²) >= 11 is 6.38. The van der Waals surface area contributed by atoms with Crippen molar-refractivity contribution in [2.45, 2.75) is 13.0 Å². The molecule has 0 radical (unpaired) electrons. The number of carbonyl (C=O) groups excluding carboxylic acids is 1. The Bertz CT molecular complexity index is 888. The summed E-state index contributed by atoms with van der Waals surface area (Å²) in [4.78, 5) is 26.2. The summed E-state index contributed by atoms with van der Waals surface area (Å²) in [6.45, 7) is 2.27. The zero-order chi connectivity index (χ0) is 18.0. The smallest absolute Gasteiger partial charge is 0.252 e. The molecule has 25 heavy (non-hydrogen) atoms. The minimum atomic E-state index is -0.201. The lowest BCUT2D eigenvalue weighted by Gasteiger charge is -2.24. The number of aromatic amines is 1. The molecule has 2 N–H and O–H groups in total. The molecule has 1 amide bonds. The number of rotatable bonds is 5. The second-order valence-corrected chi connectivity index (χ2v) is 6.50. The lowest BCUT2D eigenvalue weighted by atomic mass is 10.1. The molecule has 3 aromatic rings. The number of halogens is 1. The van der Waals surface area contributed by atoms with Crippen LogP contribution in [0.25, 0.3) is 10.9 Å². The first kappa shape index (κ1) is 17.4. The minimum absolute atomic E-state index is 0.0284. The van der Waals surface area contributed by atoms with Crippen molar-refractivity contribution in [3.05, 3.63) is 58.8 Å². The number of hydrogen-bond donors (Lipinski definition) is 2. The summed E-state index contributed by atoms with van der Waals surface area (Å²) < 4.78 is 0. The number of aryl methyl sites for hydroxylation is 1. The Morgan fingerprint density at radius 1 is 1.28 bits per heavy atom. The fourth-order valence-electron chi connectivity index (χ4n) is 2.73. The Morgan fingerprint density at radius 2 is 2.00 bits per heavy atom. The molecule has 0 aliphatic carbocycles. The second-order valence-electron chi connectivity index (χ2n) is 6.12. The number of fused-ring (bicyclic) bond motifs is 1. The van der Waals surface area contributed by atoms with E-state index in [0.29, 0.717) is 17.1 Å². The monoisotopic (exact) mass is 357 g/mol. The molecule has 0 aliphatic rings. The zero-order valence-corrected chi connectivity index (χ0v) is 15.1. The van der Waals surface area contributed by atoms with Crippen molar-refractivity contribution in [3.63, 3.8) is 0 Å². The van der Waals surface area contributed by atoms with E-state index in [1.54, 1.807) is 24.7 Å². The first-order valence-electron chi connectivity index (χ1n) is 7.96. The van der Waals surface area contributed by atoms with Gasteiger partial charge in [-0.15, -0.1) is 0 Å². The maximum Gasteiger partial charge on any atom is 0.252 e. The number of nitrogens with zero attached hydrogens (tertiary/aromatic N) is 3. The summed E-state index contributed by atoms with van der Waals surface area (Å²) in [5.41, 5.74) is 2.32. The number of H-pyrrole nitrogens is 1. The molecule has 1 unspecified atom stereocenters. The van der Waals surface area contributed by atoms with Crippen LogP contribution in [0.1, 0.15) is 27.8 Å². The standard InChI is InChI=1S/C18H20ClN5O/c1-11-21-8-12(9-22-11)16(24(2)3)10-23-18(25)14-4-5-15-13(17(14)19)6-7-20-15/h4-9,16,20H,10H2,1-3H3,(H,23,25). The fraction of sp³-hybridized carbons (Fsp3) is 0.278. The predicted octanol–water partition coefficient (Wildman–Crippen LogP) is 2.95. The second kappa shape index (κ2) is 7.21. The Kier molecular flexibility index (Phi) is 5.01. The van der Waals surface area contributed by atoms with E-state index >= 15 is 0 Å². The van der Waals surface area contributed by atoms with E-state index in [0.717, 1.165) is 22.3 Å². The van der Waals surface area contributed by atoms with Crippen LogP contribution in [0.3, 0.4) is 0 Å². The first-order chi connectivity index (χ1) is 12.0. The molecule has 2 aromatic heterocycles. The highest BCUT2D eigenvalue weighted by Gasteiger charge is 2.18. The van der Waals surface area contributed by atoms with Gasteiger partial charge in [-0.25, -0.2) is 9.97 Å². The van der Waals surface area contributed by atoms with Gasteiger partial charge in [0, 0.05) is 41.6 Å². The Hall–Kier alpha value is -2.44. The SMILES string of the molecule is Cc1ncc(C(CNC(=O)c2ccc3[nH]ccc3c2Cl)N(C)C)cn1. The molecular formula is C18H20ClN5O. The van der Waals surface area contributed by atoms with Crippen molar-refractivity contribution < 1.29 is 4.79 Å². The zero-order valence-electron chi connectivity index (χ0n) is 14.4. The van der Waals surface area contributed by atoms with Crippen LogP contribution in [0, 0.1) is 6.92 Å². The molecule has 0 aliphatic heterocycles. The number of nitrogens with one attached hydrogen (secondary N) is 2. The van der Waals surface area contributed by atoms with Gasteiger partial charge < -0.3 is 15.2 Å². The van der Waals surface area contributed by atoms with E-state index in [9.17, 15) is 4.79 Å². The quantitative estimate of drug-likeness (QED) is 0.736. The molecule has 1 aromatic carbocycles. The summed E-state index contributed by atoms with van der Waals surface area (Å²) in [6.07, 6.45) is 5.38. The van der Waals surface area contributed by atoms with Crippen LogP contribution in [-0.4, -0.2) is 46.4 Å². The van der Waals surface area contributed by atoms with Crippen LogP contribution in [0.2, 0.25) is 5.02 Å². The highest BCUT2D eigenvalue weighted by Crippen LogP contribution is 2.26. The number of benzene rings is 1. The number of hydrogen-bond acceptors (Lipinski definition) is 4. The van der Waals surface area contributed by atoms with Crippen LogP contribution >= 0.6 is 11.6 Å². The predicted molar refractivity (Wildman–Crippen MR) is 98.8 cm³/mol. The Morgan fingerprint density at radius 3 is 2.68 bits per heavy atom. The van der Waals surface area contributed by atoms with Gasteiger partial charge >= 0.3 is 0 Å². The number of amides is 1. The summed E-state index contributed by atoms with van der Waals surface area (Å²) in [5, 5.41) is 4.25. The van der Waals surface area contributed by atoms with Gasteiger partial charge in [0.1, 0.15) is 5.82 Å². The van der Waals surface area contributed by atoms with Gasteiger partial charge in [-0.3, -0.25) is 4.79 Å². The van der Waals surface area contributed by atoms with E-state index < -0.39 is 0 Å². The summed E-state index contributed by atoms with van der Waals surface area (Å²) in [6, 6.07) is 5.42. The number of carbonyl (C=O) groups is 1. The maximum atomic E-state index is 12.6. The van der Waals surface area contributed by atoms with Crippen LogP contribution in [0.5, 0.6) is 0 Å². The third-order valence-electron chi connectivity index (χ3n) is 4.18. The van der Waals surface area contributed by atoms with Gasteiger partial charge in [-0.2, -0.15) is 0 Å². The molecule has 0 fully saturated rings. The van der Waals surface area contributed by atoms with Gasteiger partial charge in [0.2, 0.25) is 0 Å². The average molecular weight is 358 g/mol. The van der Waals surface area contributed by atoms with Crippen molar-refractivity contribution >= 4 is 28.4 Å². The van der Waals surface area contributed by atoms with Crippen molar-refractivity contribution in [2.24, 2.45) is 0 Å². The van der Waals surface area contributed by atoms with Crippen LogP contribution in [0.4, 0.5) is 0 Å². The lowest BCUT2D eigenvalue weighted by Crippen LogP contribution is -2.34. The molecule has 1 atom stereocenters. The highest BCUT2D eigenvalue weighted by molar-refractivity contribution is 6.38. The highest BCUT2D eigenvalue weighted by atomic mass is 35.5. The molecule has 2 heterocycles. The summed E-state index contributed by atoms with van der Waals surface area (Å²) in [5.74, 6) is 0.518. The lowest BCUT2D eigenvalue weighted by molar-refractivity contribution is 0.0942. The largest absolute Gasteiger partial charge is 0.361 e. The van der Waals surface area contributed by atoms with Crippen molar-refractivity contribution in [3.8, 4) is 0 Å². The molecule has 130 valence electrons. The van der Waals surface area contributed by atoms with Crippen LogP contribution in [0.15, 0.2) is 36.8 Å². The van der Waals surface area contributed by atoms with Crippen molar-refractivity contribution in [1.82, 2.24) is 25.2 Å². The van der Waals surface area contributed by atoms with Crippen molar-refractivity contribution in [2.75, 3.05) is 20.6 Å². The topological polar surface area (TPSA) is 73.9 Å².